The number of fused-ring (bicyclic) bond motifs is 3. The highest BCUT2D eigenvalue weighted by molar-refractivity contribution is 6.07. The summed E-state index contributed by atoms with van der Waals surface area (Å²) in [6.45, 7) is 1.49. The van der Waals surface area contributed by atoms with Crippen LogP contribution in [0, 0.1) is 0 Å². The van der Waals surface area contributed by atoms with E-state index in [-0.39, 0.29) is 17.9 Å². The summed E-state index contributed by atoms with van der Waals surface area (Å²) in [5.74, 6) is 0.0270. The molecule has 1 saturated heterocycles. The number of benzene rings is 2. The fourth-order valence-corrected chi connectivity index (χ4v) is 4.06. The van der Waals surface area contributed by atoms with E-state index >= 15 is 0 Å². The maximum Gasteiger partial charge on any atom is 0.251 e. The smallest absolute Gasteiger partial charge is 0.251 e. The van der Waals surface area contributed by atoms with Gasteiger partial charge in [0.05, 0.1) is 11.4 Å². The Kier molecular flexibility index (Phi) is 4.84. The van der Waals surface area contributed by atoms with E-state index in [1.54, 1.807) is 4.90 Å². The highest BCUT2D eigenvalue weighted by Gasteiger charge is 2.37. The van der Waals surface area contributed by atoms with Crippen LogP contribution < -0.4 is 15.1 Å². The Bertz CT molecular complexity index is 850. The molecule has 0 saturated carbocycles. The third-order valence-electron chi connectivity index (χ3n) is 5.57. The predicted molar refractivity (Wildman–Crippen MR) is 107 cm³/mol. The van der Waals surface area contributed by atoms with Crippen LogP contribution in [0.4, 0.5) is 11.4 Å². The van der Waals surface area contributed by atoms with Gasteiger partial charge in [-0.15, -0.1) is 0 Å². The van der Waals surface area contributed by atoms with Gasteiger partial charge in [-0.25, -0.2) is 0 Å². The van der Waals surface area contributed by atoms with Crippen LogP contribution in [-0.4, -0.2) is 38.0 Å². The van der Waals surface area contributed by atoms with Gasteiger partial charge in [0.1, 0.15) is 6.04 Å². The molecular weight excluding hydrogens is 338 g/mol. The SMILES string of the molecule is CN1C(=O)C2CCCCN2c2ccc(C(=O)NCCc3ccccc3)cc21. The number of carbonyl (C=O) groups excluding carboxylic acids is 2. The van der Waals surface area contributed by atoms with Crippen molar-refractivity contribution < 1.29 is 9.59 Å². The molecule has 1 unspecified atom stereocenters. The van der Waals surface area contributed by atoms with Gasteiger partial charge in [-0.2, -0.15) is 0 Å². The van der Waals surface area contributed by atoms with Crippen LogP contribution in [0.15, 0.2) is 48.5 Å². The third kappa shape index (κ3) is 3.42. The number of amides is 2. The van der Waals surface area contributed by atoms with E-state index in [0.29, 0.717) is 12.1 Å². The molecule has 2 amide bonds. The second kappa shape index (κ2) is 7.43. The Morgan fingerprint density at radius 2 is 1.93 bits per heavy atom. The van der Waals surface area contributed by atoms with Gasteiger partial charge in [-0.3, -0.25) is 9.59 Å². The van der Waals surface area contributed by atoms with Crippen molar-refractivity contribution in [2.75, 3.05) is 29.9 Å². The van der Waals surface area contributed by atoms with Gasteiger partial charge in [0.15, 0.2) is 0 Å². The quantitative estimate of drug-likeness (QED) is 0.909. The van der Waals surface area contributed by atoms with Crippen LogP contribution in [0.2, 0.25) is 0 Å². The minimum atomic E-state index is -0.102. The van der Waals surface area contributed by atoms with E-state index in [1.807, 2.05) is 43.4 Å². The predicted octanol–water partition coefficient (Wildman–Crippen LogP) is 2.99. The largest absolute Gasteiger partial charge is 0.358 e. The number of piperidine rings is 1. The Balaban J connectivity index is 1.49. The number of hydrogen-bond donors (Lipinski definition) is 1. The van der Waals surface area contributed by atoms with Crippen molar-refractivity contribution in [1.29, 1.82) is 0 Å². The molecule has 2 aromatic rings. The first-order valence-corrected chi connectivity index (χ1v) is 9.65. The molecule has 0 aromatic heterocycles. The van der Waals surface area contributed by atoms with Crippen molar-refractivity contribution >= 4 is 23.2 Å². The molecule has 140 valence electrons. The van der Waals surface area contributed by atoms with E-state index in [1.165, 1.54) is 5.56 Å². The van der Waals surface area contributed by atoms with Gasteiger partial charge in [-0.1, -0.05) is 30.3 Å². The van der Waals surface area contributed by atoms with Crippen LogP contribution in [0.3, 0.4) is 0 Å². The van der Waals surface area contributed by atoms with Crippen molar-refractivity contribution in [1.82, 2.24) is 5.32 Å². The second-order valence-corrected chi connectivity index (χ2v) is 7.30. The second-order valence-electron chi connectivity index (χ2n) is 7.30. The molecular formula is C22H25N3O2. The molecule has 0 aliphatic carbocycles. The fourth-order valence-electron chi connectivity index (χ4n) is 4.06. The van der Waals surface area contributed by atoms with Gasteiger partial charge in [0, 0.05) is 25.7 Å². The molecule has 5 nitrogen and oxygen atoms in total. The van der Waals surface area contributed by atoms with Crippen molar-refractivity contribution in [2.45, 2.75) is 31.7 Å². The lowest BCUT2D eigenvalue weighted by Crippen LogP contribution is -2.54. The van der Waals surface area contributed by atoms with Gasteiger partial charge in [0.2, 0.25) is 5.91 Å². The number of nitrogens with one attached hydrogen (secondary N) is 1. The van der Waals surface area contributed by atoms with Crippen LogP contribution in [-0.2, 0) is 11.2 Å². The summed E-state index contributed by atoms with van der Waals surface area (Å²) < 4.78 is 0. The summed E-state index contributed by atoms with van der Waals surface area (Å²) in [6, 6.07) is 15.7. The number of anilines is 2. The number of rotatable bonds is 4. The number of carbonyl (C=O) groups is 2. The Morgan fingerprint density at radius 3 is 2.74 bits per heavy atom. The summed E-state index contributed by atoms with van der Waals surface area (Å²) >= 11 is 0. The summed E-state index contributed by atoms with van der Waals surface area (Å²) in [4.78, 5) is 29.2. The van der Waals surface area contributed by atoms with Crippen LogP contribution >= 0.6 is 0 Å². The normalized spacial score (nSPS) is 18.7. The maximum atomic E-state index is 12.7. The zero-order valence-corrected chi connectivity index (χ0v) is 15.6. The number of nitrogens with zero attached hydrogens (tertiary/aromatic N) is 2. The minimum absolute atomic E-state index is 0.0539. The highest BCUT2D eigenvalue weighted by Crippen LogP contribution is 2.39. The molecule has 27 heavy (non-hydrogen) atoms. The molecule has 1 fully saturated rings. The zero-order valence-electron chi connectivity index (χ0n) is 15.6. The lowest BCUT2D eigenvalue weighted by molar-refractivity contribution is -0.120. The van der Waals surface area contributed by atoms with E-state index < -0.39 is 0 Å². The van der Waals surface area contributed by atoms with E-state index in [9.17, 15) is 9.59 Å². The first-order valence-electron chi connectivity index (χ1n) is 9.65. The Hall–Kier alpha value is -2.82. The molecule has 2 aliphatic heterocycles. The molecule has 4 rings (SSSR count). The standard InChI is InChI=1S/C22H25N3O2/c1-24-20-15-17(21(26)23-13-12-16-7-3-2-4-8-16)10-11-18(20)25-14-6-5-9-19(25)22(24)27/h2-4,7-8,10-11,15,19H,5-6,9,12-14H2,1H3,(H,23,26). The summed E-state index contributed by atoms with van der Waals surface area (Å²) in [6.07, 6.45) is 3.91. The lowest BCUT2D eigenvalue weighted by Gasteiger charge is -2.44. The van der Waals surface area contributed by atoms with Crippen LogP contribution in [0.1, 0.15) is 35.2 Å². The van der Waals surface area contributed by atoms with E-state index in [2.05, 4.69) is 22.3 Å². The molecule has 5 heteroatoms. The maximum absolute atomic E-state index is 12.7. The van der Waals surface area contributed by atoms with Gasteiger partial charge in [0.25, 0.3) is 5.91 Å². The first-order chi connectivity index (χ1) is 13.1. The molecule has 0 bridgehead atoms. The average molecular weight is 363 g/mol. The van der Waals surface area contributed by atoms with Crippen molar-refractivity contribution in [3.05, 3.63) is 59.7 Å². The molecule has 2 heterocycles. The van der Waals surface area contributed by atoms with E-state index in [0.717, 1.165) is 43.6 Å². The number of likely N-dealkylation sites (N-methyl/N-ethyl adjacent to an activating group) is 1. The van der Waals surface area contributed by atoms with Gasteiger partial charge in [-0.05, 0) is 49.4 Å². The molecule has 2 aliphatic rings. The molecule has 0 spiro atoms. The zero-order chi connectivity index (χ0) is 18.8. The molecule has 1 atom stereocenters. The highest BCUT2D eigenvalue weighted by atomic mass is 16.2. The van der Waals surface area contributed by atoms with Crippen molar-refractivity contribution in [3.63, 3.8) is 0 Å². The van der Waals surface area contributed by atoms with Gasteiger partial charge < -0.3 is 15.1 Å². The fraction of sp³-hybridized carbons (Fsp3) is 0.364. The van der Waals surface area contributed by atoms with Crippen LogP contribution in [0.25, 0.3) is 0 Å². The Morgan fingerprint density at radius 1 is 1.11 bits per heavy atom. The minimum Gasteiger partial charge on any atom is -0.358 e. The monoisotopic (exact) mass is 363 g/mol. The first kappa shape index (κ1) is 17.6. The van der Waals surface area contributed by atoms with E-state index in [4.69, 9.17) is 0 Å². The van der Waals surface area contributed by atoms with Crippen molar-refractivity contribution in [3.8, 4) is 0 Å². The summed E-state index contributed by atoms with van der Waals surface area (Å²) in [7, 11) is 1.81. The lowest BCUT2D eigenvalue weighted by atomic mass is 9.96. The Labute approximate surface area is 160 Å². The number of hydrogen-bond acceptors (Lipinski definition) is 3. The summed E-state index contributed by atoms with van der Waals surface area (Å²) in [5.41, 5.74) is 3.68. The molecule has 2 aromatic carbocycles. The molecule has 0 radical (unpaired) electrons. The van der Waals surface area contributed by atoms with Gasteiger partial charge >= 0.3 is 0 Å². The summed E-state index contributed by atoms with van der Waals surface area (Å²) in [5, 5.41) is 2.98. The topological polar surface area (TPSA) is 52.7 Å². The van der Waals surface area contributed by atoms with Crippen molar-refractivity contribution in [2.24, 2.45) is 0 Å². The third-order valence-corrected chi connectivity index (χ3v) is 5.57. The van der Waals surface area contributed by atoms with Crippen LogP contribution in [0.5, 0.6) is 0 Å². The average Bonchev–Trinajstić information content (AvgIpc) is 2.72. The molecule has 1 N–H and O–H groups in total.